The molecule has 0 N–H and O–H groups in total. The monoisotopic (exact) mass is 416 g/mol. The van der Waals surface area contributed by atoms with Crippen LogP contribution in [0.2, 0.25) is 0 Å². The minimum absolute atomic E-state index is 0.0777. The maximum Gasteiger partial charge on any atom is 0.150 e. The van der Waals surface area contributed by atoms with Gasteiger partial charge in [-0.05, 0) is 19.3 Å². The largest absolute Gasteiger partial charge is 0.490 e. The van der Waals surface area contributed by atoms with E-state index in [0.29, 0.717) is 6.61 Å². The number of benzene rings is 1. The summed E-state index contributed by atoms with van der Waals surface area (Å²) >= 11 is 1.72. The molecule has 1 saturated heterocycles. The zero-order valence-electron chi connectivity index (χ0n) is 17.3. The van der Waals surface area contributed by atoms with E-state index in [1.54, 1.807) is 17.7 Å². The van der Waals surface area contributed by atoms with Crippen LogP contribution >= 0.6 is 11.3 Å². The number of anilines is 1. The first-order valence-electron chi connectivity index (χ1n) is 10.6. The number of thiophene rings is 1. The summed E-state index contributed by atoms with van der Waals surface area (Å²) in [4.78, 5) is 18.0. The van der Waals surface area contributed by atoms with Crippen molar-refractivity contribution >= 4 is 37.6 Å². The summed E-state index contributed by atoms with van der Waals surface area (Å²) < 4.78 is 7.52. The predicted molar refractivity (Wildman–Crippen MR) is 123 cm³/mol. The van der Waals surface area contributed by atoms with Crippen LogP contribution in [0.1, 0.15) is 32.3 Å². The van der Waals surface area contributed by atoms with Crippen molar-refractivity contribution < 1.29 is 4.74 Å². The van der Waals surface area contributed by atoms with Crippen LogP contribution in [0.25, 0.3) is 31.7 Å². The van der Waals surface area contributed by atoms with Gasteiger partial charge in [-0.1, -0.05) is 44.2 Å². The molecule has 5 heterocycles. The van der Waals surface area contributed by atoms with Crippen LogP contribution in [0.3, 0.4) is 0 Å². The zero-order chi connectivity index (χ0) is 20.3. The third-order valence-corrected chi connectivity index (χ3v) is 7.22. The molecule has 152 valence electrons. The molecule has 0 atom stereocenters. The molecule has 0 spiro atoms. The third-order valence-electron chi connectivity index (χ3n) is 6.15. The van der Waals surface area contributed by atoms with Gasteiger partial charge < -0.3 is 9.64 Å². The molecular formula is C24H24N4OS. The van der Waals surface area contributed by atoms with Crippen molar-refractivity contribution in [1.82, 2.24) is 15.0 Å². The first kappa shape index (κ1) is 18.1. The quantitative estimate of drug-likeness (QED) is 0.434. The van der Waals surface area contributed by atoms with Gasteiger partial charge in [-0.25, -0.2) is 15.0 Å². The fourth-order valence-corrected chi connectivity index (χ4v) is 5.89. The third kappa shape index (κ3) is 2.77. The highest BCUT2D eigenvalue weighted by Gasteiger charge is 2.33. The minimum Gasteiger partial charge on any atom is -0.490 e. The van der Waals surface area contributed by atoms with Crippen molar-refractivity contribution in [2.24, 2.45) is 5.41 Å². The Kier molecular flexibility index (Phi) is 4.00. The number of aromatic nitrogens is 3. The molecule has 4 aromatic rings. The molecule has 5 nitrogen and oxygen atoms in total. The highest BCUT2D eigenvalue weighted by Crippen LogP contribution is 2.48. The lowest BCUT2D eigenvalue weighted by molar-refractivity contribution is 0.156. The Hall–Kier alpha value is -2.73. The lowest BCUT2D eigenvalue weighted by Gasteiger charge is -2.32. The summed E-state index contributed by atoms with van der Waals surface area (Å²) in [6.45, 7) is 7.37. The van der Waals surface area contributed by atoms with Crippen LogP contribution in [-0.4, -0.2) is 34.6 Å². The fraction of sp³-hybridized carbons (Fsp3) is 0.375. The zero-order valence-corrected chi connectivity index (χ0v) is 18.1. The summed E-state index contributed by atoms with van der Waals surface area (Å²) in [7, 11) is 0. The standard InChI is InChI=1S/C24H24N4OS/c1-24(2)12-16-17-19-21(22(26-14-25-19)28-10-6-7-11-28)30-23(17)27-18(20(16)29-13-24)15-8-4-3-5-9-15/h3-5,8-9,14H,6-7,10-13H2,1-2H3. The van der Waals surface area contributed by atoms with E-state index in [1.165, 1.54) is 18.4 Å². The molecular weight excluding hydrogens is 392 g/mol. The number of fused-ring (bicyclic) bond motifs is 5. The molecule has 0 saturated carbocycles. The molecule has 3 aromatic heterocycles. The summed E-state index contributed by atoms with van der Waals surface area (Å²) in [6.07, 6.45) is 5.12. The number of ether oxygens (including phenoxy) is 1. The molecule has 0 amide bonds. The number of rotatable bonds is 2. The van der Waals surface area contributed by atoms with Gasteiger partial charge in [0.1, 0.15) is 28.4 Å². The normalized spacial score (nSPS) is 18.0. The Morgan fingerprint density at radius 2 is 1.87 bits per heavy atom. The van der Waals surface area contributed by atoms with Gasteiger partial charge in [0.2, 0.25) is 0 Å². The summed E-state index contributed by atoms with van der Waals surface area (Å²) in [6, 6.07) is 10.4. The molecule has 0 bridgehead atoms. The summed E-state index contributed by atoms with van der Waals surface area (Å²) in [5, 5.41) is 1.15. The first-order chi connectivity index (χ1) is 14.6. The highest BCUT2D eigenvalue weighted by molar-refractivity contribution is 7.26. The first-order valence-corrected chi connectivity index (χ1v) is 11.5. The smallest absolute Gasteiger partial charge is 0.150 e. The number of hydrogen-bond donors (Lipinski definition) is 0. The number of nitrogens with zero attached hydrogens (tertiary/aromatic N) is 4. The van der Waals surface area contributed by atoms with Gasteiger partial charge >= 0.3 is 0 Å². The molecule has 6 heteroatoms. The van der Waals surface area contributed by atoms with Gasteiger partial charge in [0.05, 0.1) is 16.8 Å². The van der Waals surface area contributed by atoms with Crippen LogP contribution in [0, 0.1) is 5.41 Å². The van der Waals surface area contributed by atoms with E-state index in [2.05, 4.69) is 48.0 Å². The predicted octanol–water partition coefficient (Wildman–Crippen LogP) is 5.47. The van der Waals surface area contributed by atoms with Crippen molar-refractivity contribution in [3.63, 3.8) is 0 Å². The maximum absolute atomic E-state index is 6.37. The van der Waals surface area contributed by atoms with Gasteiger partial charge in [-0.2, -0.15) is 0 Å². The Balaban J connectivity index is 1.67. The Morgan fingerprint density at radius 1 is 1.07 bits per heavy atom. The van der Waals surface area contributed by atoms with E-state index in [1.807, 2.05) is 6.07 Å². The van der Waals surface area contributed by atoms with Crippen LogP contribution in [0.4, 0.5) is 5.82 Å². The van der Waals surface area contributed by atoms with Gasteiger partial charge in [-0.15, -0.1) is 11.3 Å². The Labute approximate surface area is 179 Å². The van der Waals surface area contributed by atoms with E-state index in [-0.39, 0.29) is 5.41 Å². The van der Waals surface area contributed by atoms with Crippen LogP contribution in [-0.2, 0) is 6.42 Å². The molecule has 1 aromatic carbocycles. The fourth-order valence-electron chi connectivity index (χ4n) is 4.71. The van der Waals surface area contributed by atoms with Crippen molar-refractivity contribution in [2.45, 2.75) is 33.1 Å². The lowest BCUT2D eigenvalue weighted by atomic mass is 9.83. The SMILES string of the molecule is CC1(C)COc2c(-c3ccccc3)nc3sc4c(N5CCCC5)ncnc4c3c2C1. The van der Waals surface area contributed by atoms with E-state index in [4.69, 9.17) is 14.7 Å². The molecule has 0 unspecified atom stereocenters. The van der Waals surface area contributed by atoms with Crippen LogP contribution in [0.5, 0.6) is 5.75 Å². The number of hydrogen-bond acceptors (Lipinski definition) is 6. The van der Waals surface area contributed by atoms with Gasteiger partial charge in [-0.3, -0.25) is 0 Å². The maximum atomic E-state index is 6.37. The molecule has 6 rings (SSSR count). The second kappa shape index (κ2) is 6.64. The second-order valence-corrected chi connectivity index (χ2v) is 10.1. The average Bonchev–Trinajstić information content (AvgIpc) is 3.41. The molecule has 0 radical (unpaired) electrons. The molecule has 2 aliphatic heterocycles. The second-order valence-electron chi connectivity index (χ2n) is 9.12. The lowest BCUT2D eigenvalue weighted by Crippen LogP contribution is -2.29. The van der Waals surface area contributed by atoms with Gasteiger partial charge in [0, 0.05) is 35.0 Å². The average molecular weight is 417 g/mol. The van der Waals surface area contributed by atoms with Crippen molar-refractivity contribution in [1.29, 1.82) is 0 Å². The van der Waals surface area contributed by atoms with E-state index in [0.717, 1.165) is 62.8 Å². The Bertz CT molecular complexity index is 1260. The highest BCUT2D eigenvalue weighted by atomic mass is 32.1. The molecule has 30 heavy (non-hydrogen) atoms. The summed E-state index contributed by atoms with van der Waals surface area (Å²) in [5.74, 6) is 1.99. The molecule has 0 aliphatic carbocycles. The van der Waals surface area contributed by atoms with Crippen LogP contribution < -0.4 is 9.64 Å². The van der Waals surface area contributed by atoms with Crippen molar-refractivity contribution in [3.8, 4) is 17.0 Å². The van der Waals surface area contributed by atoms with Crippen LogP contribution in [0.15, 0.2) is 36.7 Å². The topological polar surface area (TPSA) is 51.1 Å². The molecule has 2 aliphatic rings. The number of pyridine rings is 1. The minimum atomic E-state index is 0.0777. The van der Waals surface area contributed by atoms with Crippen molar-refractivity contribution in [3.05, 3.63) is 42.2 Å². The molecule has 1 fully saturated rings. The Morgan fingerprint density at radius 3 is 2.67 bits per heavy atom. The van der Waals surface area contributed by atoms with E-state index in [9.17, 15) is 0 Å². The van der Waals surface area contributed by atoms with Crippen molar-refractivity contribution in [2.75, 3.05) is 24.6 Å². The van der Waals surface area contributed by atoms with Gasteiger partial charge in [0.15, 0.2) is 0 Å². The van der Waals surface area contributed by atoms with E-state index < -0.39 is 0 Å². The summed E-state index contributed by atoms with van der Waals surface area (Å²) in [5.41, 5.74) is 4.38. The van der Waals surface area contributed by atoms with E-state index >= 15 is 0 Å². The van der Waals surface area contributed by atoms with Gasteiger partial charge in [0.25, 0.3) is 0 Å².